The number of pyridine rings is 3. The molecule has 0 aliphatic heterocycles. The molecule has 0 radical (unpaired) electrons. The fourth-order valence-electron chi connectivity index (χ4n) is 4.34. The van der Waals surface area contributed by atoms with Crippen LogP contribution in [0.15, 0.2) is 73.3 Å². The molecule has 5 heterocycles. The number of nitrogens with one attached hydrogen (secondary N) is 2. The summed E-state index contributed by atoms with van der Waals surface area (Å²) < 4.78 is 20.3. The van der Waals surface area contributed by atoms with Crippen LogP contribution in [-0.2, 0) is 0 Å². The molecule has 0 amide bonds. The number of ether oxygens (including phenoxy) is 1. The second kappa shape index (κ2) is 9.44. The third-order valence-corrected chi connectivity index (χ3v) is 6.17. The molecule has 0 aliphatic carbocycles. The summed E-state index contributed by atoms with van der Waals surface area (Å²) in [7, 11) is 3.93. The molecule has 0 atom stereocenters. The zero-order valence-electron chi connectivity index (χ0n) is 20.4. The summed E-state index contributed by atoms with van der Waals surface area (Å²) in [6.45, 7) is 1.20. The molecule has 0 spiro atoms. The Hall–Kier alpha value is -4.63. The summed E-state index contributed by atoms with van der Waals surface area (Å²) in [4.78, 5) is 18.8. The van der Waals surface area contributed by atoms with E-state index >= 15 is 0 Å². The van der Waals surface area contributed by atoms with Crippen molar-refractivity contribution < 1.29 is 9.13 Å². The number of H-pyrrole nitrogens is 2. The summed E-state index contributed by atoms with van der Waals surface area (Å²) >= 11 is 0. The number of hydrogen-bond acceptors (Lipinski definition) is 6. The Balaban J connectivity index is 1.41. The molecule has 6 rings (SSSR count). The third kappa shape index (κ3) is 4.52. The maximum Gasteiger partial charge on any atom is 0.181 e. The SMILES string of the molecule is CN(C)CCOc1cc(F)cc(-c2cncc3[nH]c(-c4[nH]nc5ncc(-c6ccccn6)cc45)cc23)c1. The predicted octanol–water partition coefficient (Wildman–Crippen LogP) is 5.31. The Morgan fingerprint density at radius 1 is 0.946 bits per heavy atom. The Morgan fingerprint density at radius 2 is 1.86 bits per heavy atom. The molecule has 0 unspecified atom stereocenters. The maximum absolute atomic E-state index is 14.5. The second-order valence-electron chi connectivity index (χ2n) is 9.07. The number of benzene rings is 1. The highest BCUT2D eigenvalue weighted by Gasteiger charge is 2.16. The van der Waals surface area contributed by atoms with Gasteiger partial charge in [0.15, 0.2) is 5.65 Å². The highest BCUT2D eigenvalue weighted by Crippen LogP contribution is 2.35. The van der Waals surface area contributed by atoms with E-state index in [2.05, 4.69) is 30.1 Å². The highest BCUT2D eigenvalue weighted by atomic mass is 19.1. The van der Waals surface area contributed by atoms with Crippen molar-refractivity contribution in [2.45, 2.75) is 0 Å². The highest BCUT2D eigenvalue weighted by molar-refractivity contribution is 6.00. The minimum atomic E-state index is -0.363. The number of halogens is 1. The first-order valence-electron chi connectivity index (χ1n) is 11.9. The van der Waals surface area contributed by atoms with E-state index in [1.165, 1.54) is 12.1 Å². The summed E-state index contributed by atoms with van der Waals surface area (Å²) in [6, 6.07) is 14.6. The molecule has 5 aromatic heterocycles. The van der Waals surface area contributed by atoms with E-state index in [1.807, 2.05) is 55.4 Å². The lowest BCUT2D eigenvalue weighted by Crippen LogP contribution is -2.19. The summed E-state index contributed by atoms with van der Waals surface area (Å²) in [6.07, 6.45) is 7.02. The molecule has 0 saturated heterocycles. The Bertz CT molecular complexity index is 1710. The van der Waals surface area contributed by atoms with Gasteiger partial charge < -0.3 is 14.6 Å². The van der Waals surface area contributed by atoms with Gasteiger partial charge in [-0.15, -0.1) is 0 Å². The molecule has 8 nitrogen and oxygen atoms in total. The fourth-order valence-corrected chi connectivity index (χ4v) is 4.34. The fraction of sp³-hybridized carbons (Fsp3) is 0.143. The largest absolute Gasteiger partial charge is 0.492 e. The van der Waals surface area contributed by atoms with Gasteiger partial charge in [0.05, 0.1) is 28.8 Å². The number of hydrogen-bond donors (Lipinski definition) is 2. The van der Waals surface area contributed by atoms with Gasteiger partial charge in [0, 0.05) is 53.1 Å². The topological polar surface area (TPSA) is 95.6 Å². The van der Waals surface area contributed by atoms with Gasteiger partial charge in [-0.2, -0.15) is 5.10 Å². The van der Waals surface area contributed by atoms with Gasteiger partial charge in [-0.3, -0.25) is 15.1 Å². The summed E-state index contributed by atoms with van der Waals surface area (Å²) in [5.74, 6) is 0.120. The van der Waals surface area contributed by atoms with Crippen molar-refractivity contribution in [2.75, 3.05) is 27.2 Å². The van der Waals surface area contributed by atoms with Crippen molar-refractivity contribution in [3.8, 4) is 39.5 Å². The number of rotatable bonds is 7. The molecular formula is C28H24FN7O. The van der Waals surface area contributed by atoms with Gasteiger partial charge in [0.1, 0.15) is 18.2 Å². The van der Waals surface area contributed by atoms with E-state index in [9.17, 15) is 4.39 Å². The van der Waals surface area contributed by atoms with E-state index in [1.54, 1.807) is 24.8 Å². The normalized spacial score (nSPS) is 11.6. The van der Waals surface area contributed by atoms with Crippen LogP contribution in [0.2, 0.25) is 0 Å². The van der Waals surface area contributed by atoms with Crippen molar-refractivity contribution >= 4 is 21.9 Å². The smallest absolute Gasteiger partial charge is 0.181 e. The van der Waals surface area contributed by atoms with Crippen LogP contribution in [0.3, 0.4) is 0 Å². The van der Waals surface area contributed by atoms with Crippen LogP contribution in [0, 0.1) is 5.82 Å². The Kier molecular flexibility index (Phi) is 5.82. The van der Waals surface area contributed by atoms with Crippen molar-refractivity contribution in [3.05, 3.63) is 79.1 Å². The van der Waals surface area contributed by atoms with Crippen LogP contribution in [0.4, 0.5) is 4.39 Å². The van der Waals surface area contributed by atoms with Gasteiger partial charge in [-0.25, -0.2) is 9.37 Å². The van der Waals surface area contributed by atoms with Crippen LogP contribution >= 0.6 is 0 Å². The molecular weight excluding hydrogens is 469 g/mol. The van der Waals surface area contributed by atoms with Crippen LogP contribution in [-0.4, -0.2) is 62.3 Å². The van der Waals surface area contributed by atoms with E-state index < -0.39 is 0 Å². The van der Waals surface area contributed by atoms with Crippen LogP contribution in [0.25, 0.3) is 55.7 Å². The van der Waals surface area contributed by atoms with Gasteiger partial charge in [-0.05, 0) is 56.1 Å². The molecule has 6 aromatic rings. The van der Waals surface area contributed by atoms with Crippen molar-refractivity contribution in [1.29, 1.82) is 0 Å². The van der Waals surface area contributed by atoms with Crippen molar-refractivity contribution in [2.24, 2.45) is 0 Å². The monoisotopic (exact) mass is 493 g/mol. The number of fused-ring (bicyclic) bond motifs is 2. The van der Waals surface area contributed by atoms with E-state index in [-0.39, 0.29) is 5.82 Å². The van der Waals surface area contributed by atoms with E-state index in [0.717, 1.165) is 51.0 Å². The molecule has 0 aliphatic rings. The Labute approximate surface area is 212 Å². The third-order valence-electron chi connectivity index (χ3n) is 6.17. The first-order chi connectivity index (χ1) is 18.0. The number of aromatic amines is 2. The predicted molar refractivity (Wildman–Crippen MR) is 142 cm³/mol. The van der Waals surface area contributed by atoms with Gasteiger partial charge >= 0.3 is 0 Å². The van der Waals surface area contributed by atoms with Crippen molar-refractivity contribution in [3.63, 3.8) is 0 Å². The first-order valence-corrected chi connectivity index (χ1v) is 11.9. The maximum atomic E-state index is 14.5. The van der Waals surface area contributed by atoms with Crippen LogP contribution in [0.5, 0.6) is 5.75 Å². The van der Waals surface area contributed by atoms with Gasteiger partial charge in [0.25, 0.3) is 0 Å². The van der Waals surface area contributed by atoms with Crippen molar-refractivity contribution in [1.82, 2.24) is 35.0 Å². The zero-order chi connectivity index (χ0) is 25.4. The summed E-state index contributed by atoms with van der Waals surface area (Å²) in [5, 5.41) is 9.27. The minimum absolute atomic E-state index is 0.363. The Morgan fingerprint density at radius 3 is 2.70 bits per heavy atom. The average Bonchev–Trinajstić information content (AvgIpc) is 3.52. The molecule has 1 aromatic carbocycles. The summed E-state index contributed by atoms with van der Waals surface area (Å²) in [5.41, 5.74) is 6.28. The first kappa shape index (κ1) is 22.8. The molecule has 37 heavy (non-hydrogen) atoms. The molecule has 0 bridgehead atoms. The lowest BCUT2D eigenvalue weighted by atomic mass is 10.0. The molecule has 0 saturated carbocycles. The molecule has 2 N–H and O–H groups in total. The average molecular weight is 494 g/mol. The quantitative estimate of drug-likeness (QED) is 0.313. The number of likely N-dealkylation sites (N-methyl/N-ethyl adjacent to an activating group) is 1. The number of aromatic nitrogens is 6. The lowest BCUT2D eigenvalue weighted by Gasteiger charge is -2.12. The zero-order valence-corrected chi connectivity index (χ0v) is 20.4. The van der Waals surface area contributed by atoms with Gasteiger partial charge in [-0.1, -0.05) is 6.07 Å². The molecule has 0 fully saturated rings. The molecule has 184 valence electrons. The van der Waals surface area contributed by atoms with E-state index in [4.69, 9.17) is 4.74 Å². The second-order valence-corrected chi connectivity index (χ2v) is 9.07. The molecule has 9 heteroatoms. The van der Waals surface area contributed by atoms with Crippen LogP contribution in [0.1, 0.15) is 0 Å². The lowest BCUT2D eigenvalue weighted by molar-refractivity contribution is 0.260. The van der Waals surface area contributed by atoms with E-state index in [0.29, 0.717) is 23.6 Å². The van der Waals surface area contributed by atoms with Crippen LogP contribution < -0.4 is 4.74 Å². The van der Waals surface area contributed by atoms with Gasteiger partial charge in [0.2, 0.25) is 0 Å². The number of nitrogens with zero attached hydrogens (tertiary/aromatic N) is 5. The minimum Gasteiger partial charge on any atom is -0.492 e. The standard InChI is InChI=1S/C28H24FN7O/c1-36(2)7-8-37-20-10-17(9-19(29)12-20)23-15-30-16-26-21(23)13-25(33-26)27-22-11-18(14-32-28(22)35-34-27)24-5-3-4-6-31-24/h3-6,9-16,33H,7-8H2,1-2H3,(H,32,34,35).